The van der Waals surface area contributed by atoms with Gasteiger partial charge in [-0.2, -0.15) is 5.10 Å². The molecule has 2 heterocycles. The number of hydrogen-bond donors (Lipinski definition) is 1. The first-order chi connectivity index (χ1) is 10.1. The number of aryl methyl sites for hydroxylation is 2. The average molecular weight is 303 g/mol. The Hall–Kier alpha value is -2.27. The number of halogens is 1. The second-order valence-electron chi connectivity index (χ2n) is 4.80. The maximum atomic E-state index is 12.4. The molecule has 0 bridgehead atoms. The van der Waals surface area contributed by atoms with Crippen LogP contribution in [0.2, 0.25) is 5.02 Å². The van der Waals surface area contributed by atoms with Crippen molar-refractivity contribution in [2.75, 3.05) is 5.32 Å². The van der Waals surface area contributed by atoms with Gasteiger partial charge < -0.3 is 9.88 Å². The quantitative estimate of drug-likeness (QED) is 0.807. The first-order valence-electron chi connectivity index (χ1n) is 6.68. The molecule has 3 aromatic rings. The first-order valence-corrected chi connectivity index (χ1v) is 7.06. The van der Waals surface area contributed by atoms with Crippen molar-refractivity contribution in [2.24, 2.45) is 7.05 Å². The average Bonchev–Trinajstić information content (AvgIpc) is 3.04. The Labute approximate surface area is 127 Å². The molecular formula is C15H15ClN4O. The van der Waals surface area contributed by atoms with E-state index >= 15 is 0 Å². The molecule has 0 aliphatic rings. The van der Waals surface area contributed by atoms with E-state index in [0.717, 1.165) is 17.4 Å². The fourth-order valence-corrected chi connectivity index (χ4v) is 2.47. The van der Waals surface area contributed by atoms with Crippen molar-refractivity contribution in [1.29, 1.82) is 0 Å². The third-order valence-electron chi connectivity index (χ3n) is 3.45. The number of nitrogens with zero attached hydrogens (tertiary/aromatic N) is 3. The van der Waals surface area contributed by atoms with Gasteiger partial charge in [0.25, 0.3) is 5.91 Å². The van der Waals surface area contributed by atoms with E-state index in [2.05, 4.69) is 10.4 Å². The highest BCUT2D eigenvalue weighted by Crippen LogP contribution is 2.23. The third-order valence-corrected chi connectivity index (χ3v) is 3.68. The zero-order valence-electron chi connectivity index (χ0n) is 11.8. The third kappa shape index (κ3) is 2.52. The van der Waals surface area contributed by atoms with Crippen LogP contribution in [0.3, 0.4) is 0 Å². The lowest BCUT2D eigenvalue weighted by Gasteiger charge is -2.04. The van der Waals surface area contributed by atoms with Gasteiger partial charge in [0.1, 0.15) is 5.69 Å². The predicted octanol–water partition coefficient (Wildman–Crippen LogP) is 3.30. The smallest absolute Gasteiger partial charge is 0.273 e. The summed E-state index contributed by atoms with van der Waals surface area (Å²) in [7, 11) is 1.85. The van der Waals surface area contributed by atoms with Crippen LogP contribution in [-0.4, -0.2) is 20.3 Å². The van der Waals surface area contributed by atoms with Crippen molar-refractivity contribution in [3.63, 3.8) is 0 Å². The highest BCUT2D eigenvalue weighted by atomic mass is 35.5. The summed E-state index contributed by atoms with van der Waals surface area (Å²) in [5, 5.41) is 8.68. The molecule has 0 saturated heterocycles. The molecule has 2 aromatic heterocycles. The number of carbonyl (C=O) groups excluding carboxylic acids is 1. The highest BCUT2D eigenvalue weighted by Gasteiger charge is 2.14. The summed E-state index contributed by atoms with van der Waals surface area (Å²) < 4.78 is 3.59. The molecule has 0 fully saturated rings. The van der Waals surface area contributed by atoms with Crippen molar-refractivity contribution in [3.05, 3.63) is 47.2 Å². The lowest BCUT2D eigenvalue weighted by molar-refractivity contribution is 0.101. The van der Waals surface area contributed by atoms with E-state index in [4.69, 9.17) is 11.6 Å². The van der Waals surface area contributed by atoms with Gasteiger partial charge in [-0.05, 0) is 25.1 Å². The van der Waals surface area contributed by atoms with Crippen LogP contribution in [-0.2, 0) is 13.6 Å². The molecule has 0 radical (unpaired) electrons. The van der Waals surface area contributed by atoms with Gasteiger partial charge in [0.05, 0.1) is 0 Å². The lowest BCUT2D eigenvalue weighted by atomic mass is 10.2. The second-order valence-corrected chi connectivity index (χ2v) is 5.24. The van der Waals surface area contributed by atoms with Crippen molar-refractivity contribution >= 4 is 34.2 Å². The van der Waals surface area contributed by atoms with E-state index in [1.165, 1.54) is 0 Å². The normalized spacial score (nSPS) is 11.0. The van der Waals surface area contributed by atoms with Gasteiger partial charge in [0, 0.05) is 41.8 Å². The number of anilines is 1. The summed E-state index contributed by atoms with van der Waals surface area (Å²) in [6.07, 6.45) is 1.83. The van der Waals surface area contributed by atoms with E-state index in [1.807, 2.05) is 49.0 Å². The number of amides is 1. The van der Waals surface area contributed by atoms with E-state index < -0.39 is 0 Å². The number of carbonyl (C=O) groups is 1. The van der Waals surface area contributed by atoms with Crippen LogP contribution in [0.15, 0.2) is 36.5 Å². The van der Waals surface area contributed by atoms with Crippen molar-refractivity contribution in [1.82, 2.24) is 14.3 Å². The summed E-state index contributed by atoms with van der Waals surface area (Å²) in [6.45, 7) is 2.76. The standard InChI is InChI=1S/C15H15ClN4O/c1-3-20-7-6-14(18-20)17-15(21)13-8-10-4-5-11(16)9-12(10)19(13)2/h4-9H,3H2,1-2H3,(H,17,18,21). The Morgan fingerprint density at radius 2 is 2.14 bits per heavy atom. The SMILES string of the molecule is CCn1ccc(NC(=O)c2cc3ccc(Cl)cc3n2C)n1. The van der Waals surface area contributed by atoms with Gasteiger partial charge in [-0.1, -0.05) is 17.7 Å². The van der Waals surface area contributed by atoms with Crippen molar-refractivity contribution in [3.8, 4) is 0 Å². The monoisotopic (exact) mass is 302 g/mol. The Bertz CT molecular complexity index is 818. The predicted molar refractivity (Wildman–Crippen MR) is 83.8 cm³/mol. The Balaban J connectivity index is 1.92. The Morgan fingerprint density at radius 1 is 1.33 bits per heavy atom. The minimum absolute atomic E-state index is 0.189. The number of benzene rings is 1. The maximum Gasteiger partial charge on any atom is 0.273 e. The molecule has 3 rings (SSSR count). The van der Waals surface area contributed by atoms with Crippen LogP contribution in [0.1, 0.15) is 17.4 Å². The van der Waals surface area contributed by atoms with Gasteiger partial charge >= 0.3 is 0 Å². The molecule has 108 valence electrons. The maximum absolute atomic E-state index is 12.4. The van der Waals surface area contributed by atoms with E-state index in [1.54, 1.807) is 10.7 Å². The first kappa shape index (κ1) is 13.7. The van der Waals surface area contributed by atoms with Crippen LogP contribution in [0, 0.1) is 0 Å². The lowest BCUT2D eigenvalue weighted by Crippen LogP contribution is -2.16. The van der Waals surface area contributed by atoms with Gasteiger partial charge in [-0.25, -0.2) is 0 Å². The van der Waals surface area contributed by atoms with Crippen molar-refractivity contribution in [2.45, 2.75) is 13.5 Å². The molecule has 1 amide bonds. The van der Waals surface area contributed by atoms with Crippen LogP contribution in [0.25, 0.3) is 10.9 Å². The molecule has 0 aliphatic heterocycles. The number of aromatic nitrogens is 3. The molecule has 0 atom stereocenters. The number of hydrogen-bond acceptors (Lipinski definition) is 2. The minimum atomic E-state index is -0.189. The van der Waals surface area contributed by atoms with E-state index in [0.29, 0.717) is 16.5 Å². The topological polar surface area (TPSA) is 51.9 Å². The zero-order chi connectivity index (χ0) is 15.0. The fraction of sp³-hybridized carbons (Fsp3) is 0.200. The molecule has 0 spiro atoms. The number of fused-ring (bicyclic) bond motifs is 1. The van der Waals surface area contributed by atoms with E-state index in [-0.39, 0.29) is 5.91 Å². The van der Waals surface area contributed by atoms with Crippen LogP contribution >= 0.6 is 11.6 Å². The molecule has 21 heavy (non-hydrogen) atoms. The van der Waals surface area contributed by atoms with Crippen LogP contribution < -0.4 is 5.32 Å². The molecular weight excluding hydrogens is 288 g/mol. The summed E-state index contributed by atoms with van der Waals surface area (Å²) in [4.78, 5) is 12.4. The summed E-state index contributed by atoms with van der Waals surface area (Å²) in [5.41, 5.74) is 1.49. The molecule has 0 aliphatic carbocycles. The Kier molecular flexibility index (Phi) is 3.43. The molecule has 1 N–H and O–H groups in total. The van der Waals surface area contributed by atoms with Crippen molar-refractivity contribution < 1.29 is 4.79 Å². The zero-order valence-corrected chi connectivity index (χ0v) is 12.6. The summed E-state index contributed by atoms with van der Waals surface area (Å²) in [6, 6.07) is 9.19. The van der Waals surface area contributed by atoms with Gasteiger partial charge in [-0.3, -0.25) is 9.48 Å². The van der Waals surface area contributed by atoms with Crippen LogP contribution in [0.5, 0.6) is 0 Å². The molecule has 1 aromatic carbocycles. The van der Waals surface area contributed by atoms with Gasteiger partial charge in [0.2, 0.25) is 0 Å². The second kappa shape index (κ2) is 5.26. The summed E-state index contributed by atoms with van der Waals surface area (Å²) in [5.74, 6) is 0.358. The number of nitrogens with one attached hydrogen (secondary N) is 1. The van der Waals surface area contributed by atoms with E-state index in [9.17, 15) is 4.79 Å². The molecule has 0 unspecified atom stereocenters. The molecule has 0 saturated carbocycles. The van der Waals surface area contributed by atoms with Gasteiger partial charge in [0.15, 0.2) is 5.82 Å². The largest absolute Gasteiger partial charge is 0.340 e. The summed E-state index contributed by atoms with van der Waals surface area (Å²) >= 11 is 6.00. The fourth-order valence-electron chi connectivity index (χ4n) is 2.31. The van der Waals surface area contributed by atoms with Gasteiger partial charge in [-0.15, -0.1) is 0 Å². The minimum Gasteiger partial charge on any atom is -0.340 e. The Morgan fingerprint density at radius 3 is 2.86 bits per heavy atom. The molecule has 5 nitrogen and oxygen atoms in total. The highest BCUT2D eigenvalue weighted by molar-refractivity contribution is 6.31. The van der Waals surface area contributed by atoms with Crippen LogP contribution in [0.4, 0.5) is 5.82 Å². The molecule has 6 heteroatoms. The number of rotatable bonds is 3.